The minimum Gasteiger partial charge on any atom is -0.376 e. The molecule has 2 fully saturated rings. The normalized spacial score (nSPS) is 17.2. The highest BCUT2D eigenvalue weighted by Crippen LogP contribution is 2.28. The lowest BCUT2D eigenvalue weighted by atomic mass is 9.84. The maximum Gasteiger partial charge on any atom is 0.220 e. The number of carbonyl (C=O) groups excluding carboxylic acids is 1. The molecule has 2 rings (SSSR count). The average Bonchev–Trinajstić information content (AvgIpc) is 3.48. The third-order valence-electron chi connectivity index (χ3n) is 8.28. The summed E-state index contributed by atoms with van der Waals surface area (Å²) in [5, 5.41) is 3.00. The van der Waals surface area contributed by atoms with E-state index in [1.165, 1.54) is 121 Å². The van der Waals surface area contributed by atoms with E-state index in [9.17, 15) is 4.79 Å². The number of hydrogen-bond donors (Lipinski definition) is 1. The highest BCUT2D eigenvalue weighted by Gasteiger charge is 2.30. The SMILES string of the molecule is CC.CC.CCC1CCC1.CCCCCCCCCCCCCCCCSSCCC(=O)NCCCOC1COCC1OC(C)C. The molecule has 1 saturated carbocycles. The molecule has 1 aliphatic carbocycles. The first kappa shape index (κ1) is 48.2. The number of ether oxygens (including phenoxy) is 3. The van der Waals surface area contributed by atoms with Gasteiger partial charge in [0.2, 0.25) is 5.91 Å². The highest BCUT2D eigenvalue weighted by molar-refractivity contribution is 8.76. The lowest BCUT2D eigenvalue weighted by Gasteiger charge is -2.22. The van der Waals surface area contributed by atoms with E-state index >= 15 is 0 Å². The number of rotatable bonds is 27. The van der Waals surface area contributed by atoms with Crippen molar-refractivity contribution in [3.05, 3.63) is 0 Å². The van der Waals surface area contributed by atoms with E-state index in [1.807, 2.05) is 63.1 Å². The largest absolute Gasteiger partial charge is 0.376 e. The summed E-state index contributed by atoms with van der Waals surface area (Å²) >= 11 is 0. The predicted molar refractivity (Wildman–Crippen MR) is 208 cm³/mol. The molecule has 7 heteroatoms. The van der Waals surface area contributed by atoms with Crippen molar-refractivity contribution in [1.29, 1.82) is 0 Å². The van der Waals surface area contributed by atoms with E-state index < -0.39 is 0 Å². The van der Waals surface area contributed by atoms with E-state index in [1.54, 1.807) is 0 Å². The van der Waals surface area contributed by atoms with E-state index in [0.29, 0.717) is 32.8 Å². The second kappa shape index (κ2) is 39.5. The zero-order valence-electron chi connectivity index (χ0n) is 32.1. The van der Waals surface area contributed by atoms with Crippen LogP contribution in [0, 0.1) is 5.92 Å². The molecular formula is C39H81NO4S2. The van der Waals surface area contributed by atoms with E-state index in [4.69, 9.17) is 14.2 Å². The third kappa shape index (κ3) is 32.6. The minimum absolute atomic E-state index is 0.0104. The Hall–Kier alpha value is 0.0500. The first-order chi connectivity index (χ1) is 22.6. The zero-order chi connectivity index (χ0) is 34.5. The highest BCUT2D eigenvalue weighted by atomic mass is 33.1. The second-order valence-corrected chi connectivity index (χ2v) is 15.3. The van der Waals surface area contributed by atoms with Gasteiger partial charge in [0.15, 0.2) is 0 Å². The van der Waals surface area contributed by atoms with E-state index in [2.05, 4.69) is 19.2 Å². The van der Waals surface area contributed by atoms with Crippen LogP contribution in [0.2, 0.25) is 0 Å². The van der Waals surface area contributed by atoms with Crippen LogP contribution in [0.15, 0.2) is 0 Å². The van der Waals surface area contributed by atoms with Gasteiger partial charge in [-0.3, -0.25) is 4.79 Å². The summed E-state index contributed by atoms with van der Waals surface area (Å²) in [4.78, 5) is 12.0. The van der Waals surface area contributed by atoms with Crippen molar-refractivity contribution in [2.45, 2.75) is 202 Å². The summed E-state index contributed by atoms with van der Waals surface area (Å²) in [7, 11) is 3.76. The van der Waals surface area contributed by atoms with Gasteiger partial charge >= 0.3 is 0 Å². The van der Waals surface area contributed by atoms with Crippen molar-refractivity contribution < 1.29 is 19.0 Å². The Bertz CT molecular complexity index is 590. The number of nitrogens with one attached hydrogen (secondary N) is 1. The fourth-order valence-corrected chi connectivity index (χ4v) is 7.42. The van der Waals surface area contributed by atoms with Crippen LogP contribution >= 0.6 is 21.6 Å². The molecular weight excluding hydrogens is 611 g/mol. The quantitative estimate of drug-likeness (QED) is 0.0683. The van der Waals surface area contributed by atoms with Crippen LogP contribution < -0.4 is 5.32 Å². The lowest BCUT2D eigenvalue weighted by Crippen LogP contribution is -2.33. The number of carbonyl (C=O) groups is 1. The predicted octanol–water partition coefficient (Wildman–Crippen LogP) is 12.2. The van der Waals surface area contributed by atoms with Gasteiger partial charge in [-0.2, -0.15) is 0 Å². The van der Waals surface area contributed by atoms with Crippen molar-refractivity contribution >= 4 is 27.5 Å². The number of unbranched alkanes of at least 4 members (excludes halogenated alkanes) is 13. The Balaban J connectivity index is 0. The Morgan fingerprint density at radius 1 is 0.739 bits per heavy atom. The molecule has 0 aromatic rings. The summed E-state index contributed by atoms with van der Waals surface area (Å²) in [6.07, 6.45) is 27.3. The molecule has 278 valence electrons. The minimum atomic E-state index is 0.0104. The van der Waals surface area contributed by atoms with Crippen LogP contribution in [0.25, 0.3) is 0 Å². The molecule has 1 aliphatic heterocycles. The lowest BCUT2D eigenvalue weighted by molar-refractivity contribution is -0.120. The van der Waals surface area contributed by atoms with Crippen LogP contribution in [0.4, 0.5) is 0 Å². The first-order valence-corrected chi connectivity index (χ1v) is 22.4. The van der Waals surface area contributed by atoms with Crippen molar-refractivity contribution in [2.24, 2.45) is 5.92 Å². The second-order valence-electron chi connectivity index (χ2n) is 12.6. The summed E-state index contributed by atoms with van der Waals surface area (Å²) in [6, 6.07) is 0. The maximum atomic E-state index is 12.0. The monoisotopic (exact) mass is 692 g/mol. The summed E-state index contributed by atoms with van der Waals surface area (Å²) in [5.74, 6) is 3.35. The summed E-state index contributed by atoms with van der Waals surface area (Å²) < 4.78 is 17.2. The van der Waals surface area contributed by atoms with Crippen LogP contribution in [0.5, 0.6) is 0 Å². The van der Waals surface area contributed by atoms with Gasteiger partial charge < -0.3 is 19.5 Å². The molecule has 1 N–H and O–H groups in total. The van der Waals surface area contributed by atoms with E-state index in [0.717, 1.165) is 18.1 Å². The molecule has 0 aromatic carbocycles. The van der Waals surface area contributed by atoms with Gasteiger partial charge in [0.1, 0.15) is 12.2 Å². The van der Waals surface area contributed by atoms with Gasteiger partial charge in [-0.1, -0.05) is 172 Å². The molecule has 46 heavy (non-hydrogen) atoms. The third-order valence-corrected chi connectivity index (χ3v) is 10.8. The maximum absolute atomic E-state index is 12.0. The van der Waals surface area contributed by atoms with Gasteiger partial charge in [0.25, 0.3) is 0 Å². The van der Waals surface area contributed by atoms with Crippen molar-refractivity contribution in [3.63, 3.8) is 0 Å². The standard InChI is InChI=1S/C29H57NO4S2.C6H12.2C2H6/c1-4-5-6-7-8-9-10-11-12-13-14-15-16-17-22-35-36-23-19-29(31)30-20-18-21-33-27-24-32-25-28(27)34-26(2)3;1-2-6-4-3-5-6;2*1-2/h26-28H,4-25H2,1-3H3,(H,30,31);6H,2-5H2,1H3;2*1-2H3. The summed E-state index contributed by atoms with van der Waals surface area (Å²) in [6.45, 7) is 19.1. The summed E-state index contributed by atoms with van der Waals surface area (Å²) in [5.41, 5.74) is 0. The van der Waals surface area contributed by atoms with Crippen molar-refractivity contribution in [3.8, 4) is 0 Å². The van der Waals surface area contributed by atoms with Crippen LogP contribution in [-0.2, 0) is 19.0 Å². The van der Waals surface area contributed by atoms with Crippen molar-refractivity contribution in [2.75, 3.05) is 37.9 Å². The van der Waals surface area contributed by atoms with Gasteiger partial charge in [-0.15, -0.1) is 0 Å². The van der Waals surface area contributed by atoms with Crippen LogP contribution in [0.1, 0.15) is 184 Å². The Morgan fingerprint density at radius 2 is 1.26 bits per heavy atom. The first-order valence-electron chi connectivity index (χ1n) is 19.9. The van der Waals surface area contributed by atoms with Crippen LogP contribution in [0.3, 0.4) is 0 Å². The fraction of sp³-hybridized carbons (Fsp3) is 0.974. The molecule has 0 bridgehead atoms. The van der Waals surface area contributed by atoms with Gasteiger partial charge in [-0.25, -0.2) is 0 Å². The Labute approximate surface area is 296 Å². The molecule has 2 aliphatic rings. The molecule has 0 aromatic heterocycles. The zero-order valence-corrected chi connectivity index (χ0v) is 33.8. The van der Waals surface area contributed by atoms with Gasteiger partial charge in [-0.05, 0) is 32.6 Å². The number of hydrogen-bond acceptors (Lipinski definition) is 6. The smallest absolute Gasteiger partial charge is 0.220 e. The molecule has 1 saturated heterocycles. The molecule has 2 unspecified atom stereocenters. The Kier molecular flexibility index (Phi) is 41.3. The number of amides is 1. The molecule has 1 heterocycles. The van der Waals surface area contributed by atoms with Gasteiger partial charge in [0, 0.05) is 31.1 Å². The van der Waals surface area contributed by atoms with Gasteiger partial charge in [0.05, 0.1) is 19.3 Å². The molecule has 0 radical (unpaired) electrons. The van der Waals surface area contributed by atoms with Crippen molar-refractivity contribution in [1.82, 2.24) is 5.32 Å². The molecule has 2 atom stereocenters. The topological polar surface area (TPSA) is 56.8 Å². The average molecular weight is 692 g/mol. The molecule has 5 nitrogen and oxygen atoms in total. The fourth-order valence-electron chi connectivity index (χ4n) is 5.28. The van der Waals surface area contributed by atoms with E-state index in [-0.39, 0.29) is 24.2 Å². The van der Waals surface area contributed by atoms with Crippen LogP contribution in [-0.4, -0.2) is 62.1 Å². The molecule has 1 amide bonds. The Morgan fingerprint density at radius 3 is 1.74 bits per heavy atom. The molecule has 0 spiro atoms.